The van der Waals surface area contributed by atoms with Crippen molar-refractivity contribution in [1.29, 1.82) is 0 Å². The van der Waals surface area contributed by atoms with Crippen LogP contribution in [-0.2, 0) is 14.0 Å². The van der Waals surface area contributed by atoms with E-state index >= 15 is 0 Å². The fraction of sp³-hybridized carbons (Fsp3) is 0.842. The van der Waals surface area contributed by atoms with Gasteiger partial charge in [-0.25, -0.2) is 4.79 Å². The molecule has 3 aliphatic rings. The normalized spacial score (nSPS) is 27.1. The Morgan fingerprint density at radius 3 is 2.16 bits per heavy atom. The summed E-state index contributed by atoms with van der Waals surface area (Å²) in [7, 11) is -0.316. The van der Waals surface area contributed by atoms with Crippen LogP contribution in [0.3, 0.4) is 0 Å². The minimum Gasteiger partial charge on any atom is -0.444 e. The zero-order valence-corrected chi connectivity index (χ0v) is 16.8. The lowest BCUT2D eigenvalue weighted by atomic mass is 9.62. The third kappa shape index (κ3) is 3.35. The zero-order valence-electron chi connectivity index (χ0n) is 16.8. The van der Waals surface area contributed by atoms with Gasteiger partial charge in [0.25, 0.3) is 0 Å². The zero-order chi connectivity index (χ0) is 18.7. The minimum atomic E-state index is -0.474. The highest BCUT2D eigenvalue weighted by molar-refractivity contribution is 6.54. The molecule has 6 heteroatoms. The highest BCUT2D eigenvalue weighted by Gasteiger charge is 2.56. The SMILES string of the molecule is CC(C)(C)OC(=O)N1CC=C(B2OC(C)(C)C(C)(C)O2)CC12CCC2. The molecule has 3 rings (SSSR count). The average molecular weight is 349 g/mol. The lowest BCUT2D eigenvalue weighted by Crippen LogP contribution is -2.59. The molecular weight excluding hydrogens is 317 g/mol. The van der Waals surface area contributed by atoms with Crippen molar-refractivity contribution in [2.75, 3.05) is 6.54 Å². The summed E-state index contributed by atoms with van der Waals surface area (Å²) in [6, 6.07) is 0. The summed E-state index contributed by atoms with van der Waals surface area (Å²) in [4.78, 5) is 14.6. The highest BCUT2D eigenvalue weighted by atomic mass is 16.7. The topological polar surface area (TPSA) is 48.0 Å². The molecule has 2 heterocycles. The smallest absolute Gasteiger partial charge is 0.444 e. The monoisotopic (exact) mass is 349 g/mol. The van der Waals surface area contributed by atoms with E-state index in [9.17, 15) is 4.79 Å². The molecule has 0 N–H and O–H groups in total. The van der Waals surface area contributed by atoms with Crippen molar-refractivity contribution in [2.45, 2.75) is 96.5 Å². The molecule has 0 unspecified atom stereocenters. The Kier molecular flexibility index (Phi) is 4.32. The molecular formula is C19H32BNO4. The number of hydrogen-bond donors (Lipinski definition) is 0. The van der Waals surface area contributed by atoms with E-state index in [1.54, 1.807) is 0 Å². The molecule has 2 aliphatic heterocycles. The molecule has 0 bridgehead atoms. The van der Waals surface area contributed by atoms with Crippen LogP contribution in [-0.4, -0.2) is 47.0 Å². The van der Waals surface area contributed by atoms with Gasteiger partial charge < -0.3 is 14.0 Å². The molecule has 5 nitrogen and oxygen atoms in total. The Labute approximate surface area is 152 Å². The summed E-state index contributed by atoms with van der Waals surface area (Å²) < 4.78 is 18.1. The first kappa shape index (κ1) is 18.8. The van der Waals surface area contributed by atoms with Gasteiger partial charge in [0, 0.05) is 12.1 Å². The van der Waals surface area contributed by atoms with E-state index < -0.39 is 5.60 Å². The third-order valence-electron chi connectivity index (χ3n) is 6.10. The van der Waals surface area contributed by atoms with Crippen LogP contribution >= 0.6 is 0 Å². The van der Waals surface area contributed by atoms with Crippen molar-refractivity contribution < 1.29 is 18.8 Å². The van der Waals surface area contributed by atoms with Gasteiger partial charge >= 0.3 is 13.2 Å². The van der Waals surface area contributed by atoms with Crippen molar-refractivity contribution in [3.63, 3.8) is 0 Å². The van der Waals surface area contributed by atoms with Gasteiger partial charge in [-0.15, -0.1) is 0 Å². The molecule has 0 aromatic heterocycles. The van der Waals surface area contributed by atoms with Crippen LogP contribution in [0.25, 0.3) is 0 Å². The van der Waals surface area contributed by atoms with E-state index in [-0.39, 0.29) is 30.0 Å². The van der Waals surface area contributed by atoms with Crippen molar-refractivity contribution in [3.8, 4) is 0 Å². The number of carbonyl (C=O) groups excluding carboxylic acids is 1. The van der Waals surface area contributed by atoms with Crippen molar-refractivity contribution in [2.24, 2.45) is 0 Å². The van der Waals surface area contributed by atoms with E-state index in [0.29, 0.717) is 6.54 Å². The largest absolute Gasteiger partial charge is 0.490 e. The Hall–Kier alpha value is -1.01. The van der Waals surface area contributed by atoms with E-state index in [1.807, 2.05) is 25.7 Å². The maximum absolute atomic E-state index is 12.7. The summed E-state index contributed by atoms with van der Waals surface area (Å²) in [5.41, 5.74) is -0.118. The first-order valence-corrected chi connectivity index (χ1v) is 9.41. The lowest BCUT2D eigenvalue weighted by Gasteiger charge is -2.52. The van der Waals surface area contributed by atoms with Crippen LogP contribution in [0.2, 0.25) is 0 Å². The van der Waals surface area contributed by atoms with E-state index in [0.717, 1.165) is 31.2 Å². The third-order valence-corrected chi connectivity index (χ3v) is 6.10. The second-order valence-electron chi connectivity index (χ2n) is 9.71. The predicted molar refractivity (Wildman–Crippen MR) is 98.3 cm³/mol. The van der Waals surface area contributed by atoms with Crippen molar-refractivity contribution in [1.82, 2.24) is 4.90 Å². The second kappa shape index (κ2) is 5.75. The van der Waals surface area contributed by atoms with Gasteiger partial charge in [-0.05, 0) is 79.6 Å². The molecule has 0 radical (unpaired) electrons. The van der Waals surface area contributed by atoms with Crippen LogP contribution in [0.1, 0.15) is 74.1 Å². The first-order chi connectivity index (χ1) is 11.4. The summed E-state index contributed by atoms with van der Waals surface area (Å²) in [6.07, 6.45) is 5.87. The average Bonchev–Trinajstić information content (AvgIpc) is 2.63. The maximum Gasteiger partial charge on any atom is 0.490 e. The Morgan fingerprint density at radius 1 is 1.16 bits per heavy atom. The number of amides is 1. The first-order valence-electron chi connectivity index (χ1n) is 9.41. The fourth-order valence-corrected chi connectivity index (χ4v) is 3.74. The standard InChI is InChI=1S/C19H32BNO4/c1-16(2,3)23-15(22)21-12-9-14(13-19(21)10-8-11-19)20-24-17(4,5)18(6,7)25-20/h9H,8,10-13H2,1-7H3. The van der Waals surface area contributed by atoms with Gasteiger partial charge in [-0.2, -0.15) is 0 Å². The highest BCUT2D eigenvalue weighted by Crippen LogP contribution is 2.48. The van der Waals surface area contributed by atoms with Crippen molar-refractivity contribution in [3.05, 3.63) is 11.5 Å². The van der Waals surface area contributed by atoms with Gasteiger partial charge in [0.15, 0.2) is 0 Å². The maximum atomic E-state index is 12.7. The number of hydrogen-bond acceptors (Lipinski definition) is 4. The number of carbonyl (C=O) groups is 1. The summed E-state index contributed by atoms with van der Waals surface area (Å²) in [5.74, 6) is 0. The molecule has 1 spiro atoms. The molecule has 1 amide bonds. The van der Waals surface area contributed by atoms with Crippen LogP contribution in [0.4, 0.5) is 4.79 Å². The van der Waals surface area contributed by atoms with Crippen LogP contribution in [0.5, 0.6) is 0 Å². The molecule has 0 aromatic carbocycles. The molecule has 1 aliphatic carbocycles. The number of nitrogens with zero attached hydrogens (tertiary/aromatic N) is 1. The molecule has 140 valence electrons. The Morgan fingerprint density at radius 2 is 1.72 bits per heavy atom. The van der Waals surface area contributed by atoms with E-state index in [2.05, 4.69) is 33.8 Å². The Balaban J connectivity index is 1.77. The van der Waals surface area contributed by atoms with Gasteiger partial charge in [0.2, 0.25) is 0 Å². The summed E-state index contributed by atoms with van der Waals surface area (Å²) in [5, 5.41) is 0. The van der Waals surface area contributed by atoms with E-state index in [4.69, 9.17) is 14.0 Å². The number of rotatable bonds is 1. The van der Waals surface area contributed by atoms with Crippen LogP contribution < -0.4 is 0 Å². The molecule has 2 fully saturated rings. The predicted octanol–water partition coefficient (Wildman–Crippen LogP) is 4.11. The van der Waals surface area contributed by atoms with Gasteiger partial charge in [0.05, 0.1) is 11.2 Å². The second-order valence-corrected chi connectivity index (χ2v) is 9.71. The Bertz CT molecular complexity index is 571. The van der Waals surface area contributed by atoms with Crippen LogP contribution in [0, 0.1) is 0 Å². The lowest BCUT2D eigenvalue weighted by molar-refractivity contribution is -0.0253. The van der Waals surface area contributed by atoms with Gasteiger partial charge in [-0.3, -0.25) is 4.90 Å². The fourth-order valence-electron chi connectivity index (χ4n) is 3.74. The minimum absolute atomic E-state index is 0.129. The van der Waals surface area contributed by atoms with Gasteiger partial charge in [0.1, 0.15) is 5.60 Å². The van der Waals surface area contributed by atoms with Crippen LogP contribution in [0.15, 0.2) is 11.5 Å². The summed E-state index contributed by atoms with van der Waals surface area (Å²) in [6.45, 7) is 14.6. The van der Waals surface area contributed by atoms with E-state index in [1.165, 1.54) is 0 Å². The molecule has 0 atom stereocenters. The number of ether oxygens (including phenoxy) is 1. The molecule has 0 aromatic rings. The molecule has 1 saturated heterocycles. The molecule has 1 saturated carbocycles. The summed E-state index contributed by atoms with van der Waals surface area (Å²) >= 11 is 0. The van der Waals surface area contributed by atoms with Crippen molar-refractivity contribution >= 4 is 13.2 Å². The molecule has 25 heavy (non-hydrogen) atoms. The van der Waals surface area contributed by atoms with Gasteiger partial charge in [-0.1, -0.05) is 6.08 Å². The quantitative estimate of drug-likeness (QED) is 0.669.